The fourth-order valence-corrected chi connectivity index (χ4v) is 2.62. The van der Waals surface area contributed by atoms with Crippen molar-refractivity contribution in [2.75, 3.05) is 5.32 Å². The molecule has 0 aliphatic heterocycles. The molecule has 0 atom stereocenters. The van der Waals surface area contributed by atoms with Crippen molar-refractivity contribution in [2.45, 2.75) is 19.8 Å². The number of carbonyl (C=O) groups excluding carboxylic acids is 1. The molecule has 3 aromatic rings. The van der Waals surface area contributed by atoms with E-state index in [4.69, 9.17) is 9.52 Å². The number of benzene rings is 2. The summed E-state index contributed by atoms with van der Waals surface area (Å²) in [6.45, 7) is 4.19. The van der Waals surface area contributed by atoms with Crippen LogP contribution in [-0.4, -0.2) is 17.0 Å². The van der Waals surface area contributed by atoms with Crippen molar-refractivity contribution in [3.05, 3.63) is 77.6 Å². The maximum Gasteiger partial charge on any atom is 0.371 e. The van der Waals surface area contributed by atoms with E-state index in [1.165, 1.54) is 11.6 Å². The van der Waals surface area contributed by atoms with Crippen molar-refractivity contribution < 1.29 is 19.1 Å². The number of hydrogen-bond donors (Lipinski definition) is 2. The molecule has 26 heavy (non-hydrogen) atoms. The topological polar surface area (TPSA) is 79.5 Å². The zero-order valence-electron chi connectivity index (χ0n) is 14.5. The number of carboxylic acids is 1. The molecule has 0 radical (unpaired) electrons. The number of furan rings is 1. The monoisotopic (exact) mass is 349 g/mol. The third-order valence-corrected chi connectivity index (χ3v) is 4.10. The van der Waals surface area contributed by atoms with E-state index in [2.05, 4.69) is 19.2 Å². The molecule has 0 saturated carbocycles. The number of nitrogens with one attached hydrogen (secondary N) is 1. The van der Waals surface area contributed by atoms with Crippen molar-refractivity contribution in [3.63, 3.8) is 0 Å². The Morgan fingerprint density at radius 2 is 1.65 bits per heavy atom. The largest absolute Gasteiger partial charge is 0.475 e. The molecule has 2 N–H and O–H groups in total. The molecule has 1 aromatic heterocycles. The van der Waals surface area contributed by atoms with Gasteiger partial charge in [0, 0.05) is 11.1 Å². The average Bonchev–Trinajstić information content (AvgIpc) is 3.12. The van der Waals surface area contributed by atoms with E-state index < -0.39 is 5.97 Å². The van der Waals surface area contributed by atoms with Gasteiger partial charge in [-0.3, -0.25) is 4.79 Å². The standard InChI is InChI=1S/C21H19NO4/c1-13(2)14-7-9-15(10-8-14)20(23)22-17-6-4-3-5-16(17)18-11-12-19(26-18)21(24)25/h3-13H,1-2H3,(H,22,23)(H,24,25). The lowest BCUT2D eigenvalue weighted by Gasteiger charge is -2.10. The highest BCUT2D eigenvalue weighted by molar-refractivity contribution is 6.06. The first-order valence-electron chi connectivity index (χ1n) is 8.29. The van der Waals surface area contributed by atoms with Crippen LogP contribution in [0.1, 0.15) is 46.2 Å². The molecule has 1 heterocycles. The van der Waals surface area contributed by atoms with Crippen LogP contribution < -0.4 is 5.32 Å². The molecular weight excluding hydrogens is 330 g/mol. The highest BCUT2D eigenvalue weighted by Gasteiger charge is 2.15. The lowest BCUT2D eigenvalue weighted by molar-refractivity contribution is 0.0663. The van der Waals surface area contributed by atoms with Gasteiger partial charge < -0.3 is 14.8 Å². The van der Waals surface area contributed by atoms with Gasteiger partial charge >= 0.3 is 5.97 Å². The number of amides is 1. The maximum atomic E-state index is 12.6. The molecule has 2 aromatic carbocycles. The Hall–Kier alpha value is -3.34. The number of carboxylic acid groups (broad SMARTS) is 1. The Labute approximate surface area is 151 Å². The van der Waals surface area contributed by atoms with Crippen molar-refractivity contribution in [2.24, 2.45) is 0 Å². The smallest absolute Gasteiger partial charge is 0.371 e. The second-order valence-electron chi connectivity index (χ2n) is 6.25. The summed E-state index contributed by atoms with van der Waals surface area (Å²) < 4.78 is 5.35. The fourth-order valence-electron chi connectivity index (χ4n) is 2.62. The predicted octanol–water partition coefficient (Wildman–Crippen LogP) is 5.02. The number of anilines is 1. The van der Waals surface area contributed by atoms with E-state index in [1.54, 1.807) is 42.5 Å². The quantitative estimate of drug-likeness (QED) is 0.678. The fraction of sp³-hybridized carbons (Fsp3) is 0.143. The van der Waals surface area contributed by atoms with Crippen LogP contribution in [0.2, 0.25) is 0 Å². The van der Waals surface area contributed by atoms with E-state index in [1.807, 2.05) is 12.1 Å². The zero-order chi connectivity index (χ0) is 18.7. The third-order valence-electron chi connectivity index (χ3n) is 4.10. The Morgan fingerprint density at radius 3 is 2.27 bits per heavy atom. The van der Waals surface area contributed by atoms with Gasteiger partial charge in [-0.25, -0.2) is 4.79 Å². The van der Waals surface area contributed by atoms with E-state index in [0.29, 0.717) is 28.5 Å². The Kier molecular flexibility index (Phi) is 4.89. The van der Waals surface area contributed by atoms with Crippen LogP contribution in [0, 0.1) is 0 Å². The Morgan fingerprint density at radius 1 is 0.962 bits per heavy atom. The first-order valence-corrected chi connectivity index (χ1v) is 8.29. The average molecular weight is 349 g/mol. The van der Waals surface area contributed by atoms with E-state index in [9.17, 15) is 9.59 Å². The molecule has 0 saturated heterocycles. The highest BCUT2D eigenvalue weighted by Crippen LogP contribution is 2.30. The summed E-state index contributed by atoms with van der Waals surface area (Å²) in [5, 5.41) is 11.9. The molecule has 0 spiro atoms. The van der Waals surface area contributed by atoms with Crippen molar-refractivity contribution >= 4 is 17.6 Å². The predicted molar refractivity (Wildman–Crippen MR) is 99.6 cm³/mol. The van der Waals surface area contributed by atoms with Crippen LogP contribution in [0.3, 0.4) is 0 Å². The van der Waals surface area contributed by atoms with Crippen molar-refractivity contribution in [3.8, 4) is 11.3 Å². The van der Waals surface area contributed by atoms with E-state index in [0.717, 1.165) is 0 Å². The summed E-state index contributed by atoms with van der Waals surface area (Å²) in [5.74, 6) is -0.741. The lowest BCUT2D eigenvalue weighted by Crippen LogP contribution is -2.12. The molecule has 0 bridgehead atoms. The number of para-hydroxylation sites is 1. The van der Waals surface area contributed by atoms with Crippen LogP contribution in [0.4, 0.5) is 5.69 Å². The summed E-state index contributed by atoms with van der Waals surface area (Å²) in [6, 6.07) is 17.5. The summed E-state index contributed by atoms with van der Waals surface area (Å²) in [5.41, 5.74) is 2.89. The van der Waals surface area contributed by atoms with Gasteiger partial charge in [0.25, 0.3) is 5.91 Å². The molecule has 5 nitrogen and oxygen atoms in total. The summed E-state index contributed by atoms with van der Waals surface area (Å²) in [7, 11) is 0. The normalized spacial score (nSPS) is 10.7. The Bertz CT molecular complexity index is 939. The molecule has 0 fully saturated rings. The van der Waals surface area contributed by atoms with Gasteiger partial charge in [0.2, 0.25) is 5.76 Å². The van der Waals surface area contributed by atoms with Crippen molar-refractivity contribution in [1.29, 1.82) is 0 Å². The van der Waals surface area contributed by atoms with E-state index in [-0.39, 0.29) is 11.7 Å². The highest BCUT2D eigenvalue weighted by atomic mass is 16.4. The Balaban J connectivity index is 1.85. The zero-order valence-corrected chi connectivity index (χ0v) is 14.5. The molecule has 3 rings (SSSR count). The van der Waals surface area contributed by atoms with Gasteiger partial charge in [0.05, 0.1) is 5.69 Å². The van der Waals surface area contributed by atoms with Gasteiger partial charge in [0.1, 0.15) is 5.76 Å². The van der Waals surface area contributed by atoms with E-state index >= 15 is 0 Å². The molecule has 0 unspecified atom stereocenters. The summed E-state index contributed by atoms with van der Waals surface area (Å²) in [4.78, 5) is 23.6. The van der Waals surface area contributed by atoms with Gasteiger partial charge in [-0.15, -0.1) is 0 Å². The van der Waals surface area contributed by atoms with Gasteiger partial charge in [-0.05, 0) is 47.9 Å². The summed E-state index contributed by atoms with van der Waals surface area (Å²) >= 11 is 0. The van der Waals surface area contributed by atoms with Gasteiger partial charge in [0.15, 0.2) is 0 Å². The molecule has 0 aliphatic rings. The minimum atomic E-state index is -1.14. The second-order valence-corrected chi connectivity index (χ2v) is 6.25. The van der Waals surface area contributed by atoms with Crippen LogP contribution in [0.25, 0.3) is 11.3 Å². The van der Waals surface area contributed by atoms with Gasteiger partial charge in [-0.2, -0.15) is 0 Å². The number of carbonyl (C=O) groups is 2. The van der Waals surface area contributed by atoms with Crippen LogP contribution in [-0.2, 0) is 0 Å². The number of aromatic carboxylic acids is 1. The minimum Gasteiger partial charge on any atom is -0.475 e. The number of rotatable bonds is 5. The molecule has 0 aliphatic carbocycles. The first kappa shape index (κ1) is 17.5. The summed E-state index contributed by atoms with van der Waals surface area (Å²) in [6.07, 6.45) is 0. The van der Waals surface area contributed by atoms with Crippen molar-refractivity contribution in [1.82, 2.24) is 0 Å². The number of hydrogen-bond acceptors (Lipinski definition) is 3. The third kappa shape index (κ3) is 3.67. The van der Waals surface area contributed by atoms with Gasteiger partial charge in [-0.1, -0.05) is 38.1 Å². The van der Waals surface area contributed by atoms with Crippen LogP contribution in [0.5, 0.6) is 0 Å². The first-order chi connectivity index (χ1) is 12.5. The van der Waals surface area contributed by atoms with Crippen LogP contribution >= 0.6 is 0 Å². The second kappa shape index (κ2) is 7.27. The van der Waals surface area contributed by atoms with Crippen LogP contribution in [0.15, 0.2) is 65.1 Å². The maximum absolute atomic E-state index is 12.6. The molecule has 132 valence electrons. The SMILES string of the molecule is CC(C)c1ccc(C(=O)Nc2ccccc2-c2ccc(C(=O)O)o2)cc1. The molecule has 5 heteroatoms. The minimum absolute atomic E-state index is 0.148. The molecular formula is C21H19NO4. The lowest BCUT2D eigenvalue weighted by atomic mass is 10.0. The molecule has 1 amide bonds.